The lowest BCUT2D eigenvalue weighted by molar-refractivity contribution is -0.132. The Bertz CT molecular complexity index is 779. The maximum absolute atomic E-state index is 13.0. The molecule has 2 aromatic rings. The summed E-state index contributed by atoms with van der Waals surface area (Å²) >= 11 is 1.48. The summed E-state index contributed by atoms with van der Waals surface area (Å²) in [5.74, 6) is 2.11. The van der Waals surface area contributed by atoms with Gasteiger partial charge in [-0.3, -0.25) is 9.36 Å². The molecule has 1 aliphatic rings. The summed E-state index contributed by atoms with van der Waals surface area (Å²) < 4.78 is 2.03. The van der Waals surface area contributed by atoms with E-state index in [0.717, 1.165) is 29.6 Å². The predicted molar refractivity (Wildman–Crippen MR) is 110 cm³/mol. The number of hydrogen-bond acceptors (Lipinski definition) is 4. The quantitative estimate of drug-likeness (QED) is 0.555. The average molecular weight is 385 g/mol. The molecule has 0 saturated carbocycles. The van der Waals surface area contributed by atoms with Gasteiger partial charge in [-0.25, -0.2) is 0 Å². The molecule has 0 aliphatic carbocycles. The standard InChI is InChI=1S/C21H28N4OS/c1-5-11-25-19(18-9-7-6-8-10-18)22-23-21(25)27-17(4)20(26)24-13-15(2)12-16(3)14-24/h5-10,15-17H,1,11-14H2,2-4H3. The molecule has 3 rings (SSSR count). The van der Waals surface area contributed by atoms with Crippen LogP contribution >= 0.6 is 11.8 Å². The van der Waals surface area contributed by atoms with Crippen LogP contribution in [0.1, 0.15) is 27.2 Å². The van der Waals surface area contributed by atoms with Crippen molar-refractivity contribution in [3.05, 3.63) is 43.0 Å². The zero-order valence-electron chi connectivity index (χ0n) is 16.3. The van der Waals surface area contributed by atoms with Crippen LogP contribution in [0.15, 0.2) is 48.1 Å². The zero-order valence-corrected chi connectivity index (χ0v) is 17.2. The van der Waals surface area contributed by atoms with Crippen molar-refractivity contribution in [2.45, 2.75) is 44.1 Å². The molecule has 6 heteroatoms. The summed E-state index contributed by atoms with van der Waals surface area (Å²) in [6.45, 7) is 12.6. The maximum Gasteiger partial charge on any atom is 0.235 e. The molecule has 1 aromatic carbocycles. The van der Waals surface area contributed by atoms with Crippen LogP contribution in [0.5, 0.6) is 0 Å². The van der Waals surface area contributed by atoms with Crippen LogP contribution in [0.3, 0.4) is 0 Å². The molecular weight excluding hydrogens is 356 g/mol. The number of benzene rings is 1. The van der Waals surface area contributed by atoms with Crippen molar-refractivity contribution >= 4 is 17.7 Å². The van der Waals surface area contributed by atoms with Gasteiger partial charge in [0.25, 0.3) is 0 Å². The Labute approximate surface area is 165 Å². The highest BCUT2D eigenvalue weighted by atomic mass is 32.2. The van der Waals surface area contributed by atoms with Crippen molar-refractivity contribution < 1.29 is 4.79 Å². The monoisotopic (exact) mass is 384 g/mol. The lowest BCUT2D eigenvalue weighted by atomic mass is 9.92. The Morgan fingerprint density at radius 1 is 1.26 bits per heavy atom. The van der Waals surface area contributed by atoms with E-state index in [2.05, 4.69) is 30.6 Å². The summed E-state index contributed by atoms with van der Waals surface area (Å²) in [6.07, 6.45) is 3.03. The molecule has 3 atom stereocenters. The highest BCUT2D eigenvalue weighted by molar-refractivity contribution is 8.00. The van der Waals surface area contributed by atoms with E-state index >= 15 is 0 Å². The Balaban J connectivity index is 1.77. The molecular formula is C21H28N4OS. The van der Waals surface area contributed by atoms with Gasteiger partial charge in [-0.05, 0) is 25.2 Å². The third-order valence-electron chi connectivity index (χ3n) is 4.87. The second-order valence-electron chi connectivity index (χ2n) is 7.52. The van der Waals surface area contributed by atoms with Crippen LogP contribution in [0.4, 0.5) is 0 Å². The second kappa shape index (κ2) is 8.74. The van der Waals surface area contributed by atoms with Gasteiger partial charge < -0.3 is 4.90 Å². The van der Waals surface area contributed by atoms with E-state index in [1.54, 1.807) is 0 Å². The Morgan fingerprint density at radius 3 is 2.56 bits per heavy atom. The number of carbonyl (C=O) groups excluding carboxylic acids is 1. The molecule has 144 valence electrons. The normalized spacial score (nSPS) is 21.1. The topological polar surface area (TPSA) is 51.0 Å². The lowest BCUT2D eigenvalue weighted by Crippen LogP contribution is -2.45. The van der Waals surface area contributed by atoms with Gasteiger partial charge in [-0.2, -0.15) is 0 Å². The van der Waals surface area contributed by atoms with E-state index in [4.69, 9.17) is 0 Å². The minimum Gasteiger partial charge on any atom is -0.341 e. The first-order chi connectivity index (χ1) is 13.0. The molecule has 5 nitrogen and oxygen atoms in total. The van der Waals surface area contributed by atoms with Gasteiger partial charge in [0.05, 0.1) is 5.25 Å². The number of rotatable bonds is 6. The van der Waals surface area contributed by atoms with Crippen LogP contribution in [-0.4, -0.2) is 43.9 Å². The fraction of sp³-hybridized carbons (Fsp3) is 0.476. The highest BCUT2D eigenvalue weighted by Gasteiger charge is 2.29. The first-order valence-corrected chi connectivity index (χ1v) is 10.4. The molecule has 1 amide bonds. The van der Waals surface area contributed by atoms with E-state index in [0.29, 0.717) is 18.4 Å². The number of allylic oxidation sites excluding steroid dienone is 1. The first kappa shape index (κ1) is 19.7. The number of amides is 1. The third-order valence-corrected chi connectivity index (χ3v) is 5.94. The van der Waals surface area contributed by atoms with Gasteiger partial charge in [0.1, 0.15) is 0 Å². The number of aromatic nitrogens is 3. The van der Waals surface area contributed by atoms with Crippen molar-refractivity contribution in [2.75, 3.05) is 13.1 Å². The van der Waals surface area contributed by atoms with Crippen molar-refractivity contribution in [1.29, 1.82) is 0 Å². The van der Waals surface area contributed by atoms with Crippen LogP contribution < -0.4 is 0 Å². The zero-order chi connectivity index (χ0) is 19.4. The Morgan fingerprint density at radius 2 is 1.93 bits per heavy atom. The smallest absolute Gasteiger partial charge is 0.235 e. The molecule has 0 spiro atoms. The Hall–Kier alpha value is -2.08. The van der Waals surface area contributed by atoms with Crippen molar-refractivity contribution in [1.82, 2.24) is 19.7 Å². The van der Waals surface area contributed by atoms with Gasteiger partial charge in [-0.1, -0.05) is 62.0 Å². The van der Waals surface area contributed by atoms with Gasteiger partial charge in [-0.15, -0.1) is 16.8 Å². The fourth-order valence-corrected chi connectivity index (χ4v) is 4.72. The number of piperidine rings is 1. The van der Waals surface area contributed by atoms with E-state index in [1.165, 1.54) is 18.2 Å². The summed E-state index contributed by atoms with van der Waals surface area (Å²) in [6, 6.07) is 9.99. The highest BCUT2D eigenvalue weighted by Crippen LogP contribution is 2.29. The van der Waals surface area contributed by atoms with Gasteiger partial charge in [0.2, 0.25) is 5.91 Å². The molecule has 1 aromatic heterocycles. The fourth-order valence-electron chi connectivity index (χ4n) is 3.78. The largest absolute Gasteiger partial charge is 0.341 e. The number of likely N-dealkylation sites (tertiary alicyclic amines) is 1. The molecule has 1 saturated heterocycles. The molecule has 0 radical (unpaired) electrons. The number of thioether (sulfide) groups is 1. The van der Waals surface area contributed by atoms with Gasteiger partial charge in [0, 0.05) is 25.2 Å². The number of carbonyl (C=O) groups is 1. The van der Waals surface area contributed by atoms with Crippen molar-refractivity contribution in [2.24, 2.45) is 11.8 Å². The molecule has 3 unspecified atom stereocenters. The van der Waals surface area contributed by atoms with Crippen molar-refractivity contribution in [3.63, 3.8) is 0 Å². The van der Waals surface area contributed by atoms with Gasteiger partial charge in [0.15, 0.2) is 11.0 Å². The maximum atomic E-state index is 13.0. The van der Waals surface area contributed by atoms with Crippen LogP contribution in [0, 0.1) is 11.8 Å². The average Bonchev–Trinajstić information content (AvgIpc) is 3.03. The molecule has 1 aliphatic heterocycles. The summed E-state index contributed by atoms with van der Waals surface area (Å²) in [4.78, 5) is 15.0. The van der Waals surface area contributed by atoms with Crippen LogP contribution in [0.2, 0.25) is 0 Å². The molecule has 0 bridgehead atoms. The van der Waals surface area contributed by atoms with Crippen molar-refractivity contribution in [3.8, 4) is 11.4 Å². The summed E-state index contributed by atoms with van der Waals surface area (Å²) in [5, 5.41) is 9.30. The minimum atomic E-state index is -0.195. The Kier molecular flexibility index (Phi) is 6.37. The SMILES string of the molecule is C=CCn1c(SC(C)C(=O)N2CC(C)CC(C)C2)nnc1-c1ccccc1. The van der Waals surface area contributed by atoms with E-state index in [-0.39, 0.29) is 11.2 Å². The molecule has 0 N–H and O–H groups in total. The van der Waals surface area contributed by atoms with E-state index < -0.39 is 0 Å². The van der Waals surface area contributed by atoms with Gasteiger partial charge >= 0.3 is 0 Å². The summed E-state index contributed by atoms with van der Waals surface area (Å²) in [5.41, 5.74) is 1.01. The molecule has 27 heavy (non-hydrogen) atoms. The predicted octanol–water partition coefficient (Wildman–Crippen LogP) is 4.12. The lowest BCUT2D eigenvalue weighted by Gasteiger charge is -2.36. The molecule has 1 fully saturated rings. The van der Waals surface area contributed by atoms with E-state index in [1.807, 2.05) is 52.8 Å². The summed E-state index contributed by atoms with van der Waals surface area (Å²) in [7, 11) is 0. The van der Waals surface area contributed by atoms with Crippen LogP contribution in [0.25, 0.3) is 11.4 Å². The van der Waals surface area contributed by atoms with Crippen LogP contribution in [-0.2, 0) is 11.3 Å². The third kappa shape index (κ3) is 4.61. The second-order valence-corrected chi connectivity index (χ2v) is 8.83. The number of nitrogens with zero attached hydrogens (tertiary/aromatic N) is 4. The molecule has 2 heterocycles. The minimum absolute atomic E-state index is 0.188. The first-order valence-electron chi connectivity index (χ1n) is 9.54. The van der Waals surface area contributed by atoms with E-state index in [9.17, 15) is 4.79 Å². The number of hydrogen-bond donors (Lipinski definition) is 0.